The van der Waals surface area contributed by atoms with Crippen molar-refractivity contribution in [2.75, 3.05) is 5.73 Å². The van der Waals surface area contributed by atoms with Crippen LogP contribution in [0.3, 0.4) is 0 Å². The van der Waals surface area contributed by atoms with E-state index in [4.69, 9.17) is 14.7 Å². The molecule has 0 aliphatic rings. The van der Waals surface area contributed by atoms with Gasteiger partial charge in [0.25, 0.3) is 0 Å². The summed E-state index contributed by atoms with van der Waals surface area (Å²) in [4.78, 5) is 4.26. The quantitative estimate of drug-likeness (QED) is 0.746. The number of nitrogens with two attached hydrogens (primary N) is 1. The van der Waals surface area contributed by atoms with Crippen molar-refractivity contribution in [3.63, 3.8) is 0 Å². The summed E-state index contributed by atoms with van der Waals surface area (Å²) in [5.41, 5.74) is 8.06. The van der Waals surface area contributed by atoms with Crippen molar-refractivity contribution < 1.29 is 8.94 Å². The van der Waals surface area contributed by atoms with Gasteiger partial charge in [0.15, 0.2) is 11.6 Å². The Hall–Kier alpha value is -2.56. The first kappa shape index (κ1) is 10.6. The van der Waals surface area contributed by atoms with Crippen LogP contribution in [0.15, 0.2) is 45.7 Å². The maximum atomic E-state index is 5.84. The third-order valence-electron chi connectivity index (χ3n) is 2.63. The molecule has 0 atom stereocenters. The van der Waals surface area contributed by atoms with Crippen LogP contribution < -0.4 is 5.73 Å². The molecule has 0 aliphatic heterocycles. The van der Waals surface area contributed by atoms with Crippen LogP contribution in [0, 0.1) is 6.92 Å². The molecule has 0 saturated carbocycles. The third kappa shape index (κ3) is 1.66. The molecule has 3 rings (SSSR count). The molecule has 0 aromatic carbocycles. The van der Waals surface area contributed by atoms with Crippen LogP contribution in [-0.4, -0.2) is 10.1 Å². The Bertz CT molecular complexity index is 671. The number of hydrogen-bond acceptors (Lipinski definition) is 5. The maximum Gasteiger partial charge on any atom is 0.181 e. The van der Waals surface area contributed by atoms with Crippen LogP contribution in [0.25, 0.3) is 22.6 Å². The van der Waals surface area contributed by atoms with E-state index in [0.29, 0.717) is 17.1 Å². The second-order valence-corrected chi connectivity index (χ2v) is 3.93. The fourth-order valence-electron chi connectivity index (χ4n) is 1.82. The van der Waals surface area contributed by atoms with Gasteiger partial charge in [-0.05, 0) is 25.1 Å². The van der Waals surface area contributed by atoms with E-state index in [1.807, 2.05) is 31.2 Å². The van der Waals surface area contributed by atoms with Gasteiger partial charge in [-0.1, -0.05) is 11.2 Å². The van der Waals surface area contributed by atoms with Crippen LogP contribution in [0.4, 0.5) is 5.82 Å². The molecule has 3 aromatic heterocycles. The van der Waals surface area contributed by atoms with E-state index in [-0.39, 0.29) is 0 Å². The number of aromatic nitrogens is 2. The summed E-state index contributed by atoms with van der Waals surface area (Å²) < 4.78 is 10.5. The van der Waals surface area contributed by atoms with Gasteiger partial charge in [0.1, 0.15) is 12.0 Å². The van der Waals surface area contributed by atoms with Gasteiger partial charge in [-0.15, -0.1) is 0 Å². The molecule has 3 aromatic rings. The van der Waals surface area contributed by atoms with Crippen LogP contribution >= 0.6 is 0 Å². The van der Waals surface area contributed by atoms with E-state index >= 15 is 0 Å². The highest BCUT2D eigenvalue weighted by atomic mass is 16.5. The average molecular weight is 241 g/mol. The van der Waals surface area contributed by atoms with E-state index in [2.05, 4.69) is 10.1 Å². The van der Waals surface area contributed by atoms with Crippen molar-refractivity contribution in [2.45, 2.75) is 6.92 Å². The number of furan rings is 1. The summed E-state index contributed by atoms with van der Waals surface area (Å²) in [5, 5.41) is 3.80. The molecular weight excluding hydrogens is 230 g/mol. The molecule has 0 radical (unpaired) electrons. The van der Waals surface area contributed by atoms with Gasteiger partial charge in [0.2, 0.25) is 0 Å². The first-order valence-corrected chi connectivity index (χ1v) is 5.48. The monoisotopic (exact) mass is 241 g/mol. The lowest BCUT2D eigenvalue weighted by atomic mass is 10.1. The van der Waals surface area contributed by atoms with Gasteiger partial charge in [-0.3, -0.25) is 4.98 Å². The number of rotatable bonds is 2. The summed E-state index contributed by atoms with van der Waals surface area (Å²) >= 11 is 0. The highest BCUT2D eigenvalue weighted by Crippen LogP contribution is 2.35. The highest BCUT2D eigenvalue weighted by Gasteiger charge is 2.19. The van der Waals surface area contributed by atoms with E-state index in [1.165, 1.54) is 0 Å². The Morgan fingerprint density at radius 2 is 2.17 bits per heavy atom. The second-order valence-electron chi connectivity index (χ2n) is 3.93. The first-order valence-electron chi connectivity index (χ1n) is 5.48. The number of anilines is 1. The Labute approximate surface area is 103 Å². The normalized spacial score (nSPS) is 10.7. The van der Waals surface area contributed by atoms with Crippen LogP contribution in [0.1, 0.15) is 5.76 Å². The Morgan fingerprint density at radius 3 is 2.83 bits per heavy atom. The first-order chi connectivity index (χ1) is 8.75. The topological polar surface area (TPSA) is 78.1 Å². The van der Waals surface area contributed by atoms with E-state index in [9.17, 15) is 0 Å². The minimum absolute atomic E-state index is 0.322. The second kappa shape index (κ2) is 4.03. The molecule has 5 nitrogen and oxygen atoms in total. The third-order valence-corrected chi connectivity index (χ3v) is 2.63. The van der Waals surface area contributed by atoms with Gasteiger partial charge in [0.05, 0.1) is 16.8 Å². The number of hydrogen-bond donors (Lipinski definition) is 1. The molecule has 0 spiro atoms. The minimum Gasteiger partial charge on any atom is -0.469 e. The Balaban J connectivity index is 2.18. The fourth-order valence-corrected chi connectivity index (χ4v) is 1.82. The zero-order chi connectivity index (χ0) is 12.5. The lowest BCUT2D eigenvalue weighted by Gasteiger charge is -1.98. The maximum absolute atomic E-state index is 5.84. The molecule has 0 fully saturated rings. The largest absolute Gasteiger partial charge is 0.469 e. The zero-order valence-corrected chi connectivity index (χ0v) is 9.75. The smallest absolute Gasteiger partial charge is 0.181 e. The number of aryl methyl sites for hydroxylation is 1. The fraction of sp³-hybridized carbons (Fsp3) is 0.0769. The van der Waals surface area contributed by atoms with Crippen LogP contribution in [0.5, 0.6) is 0 Å². The summed E-state index contributed by atoms with van der Waals surface area (Å²) in [5.74, 6) is 1.69. The molecule has 90 valence electrons. The predicted octanol–water partition coefficient (Wildman–Crippen LogP) is 2.89. The molecule has 18 heavy (non-hydrogen) atoms. The van der Waals surface area contributed by atoms with Crippen molar-refractivity contribution in [3.8, 4) is 22.6 Å². The van der Waals surface area contributed by atoms with E-state index < -0.39 is 0 Å². The standard InChI is InChI=1S/C13H11N3O2/c1-8-6-9(7-17-8)12-11(13(14)16-18-12)10-4-2-3-5-15-10/h2-7H,1H3,(H2,14,16). The minimum atomic E-state index is 0.322. The van der Waals surface area contributed by atoms with E-state index in [0.717, 1.165) is 17.0 Å². The summed E-state index contributed by atoms with van der Waals surface area (Å²) in [7, 11) is 0. The van der Waals surface area contributed by atoms with Gasteiger partial charge in [0, 0.05) is 6.20 Å². The predicted molar refractivity (Wildman–Crippen MR) is 66.6 cm³/mol. The van der Waals surface area contributed by atoms with Gasteiger partial charge < -0.3 is 14.7 Å². The number of nitrogens with zero attached hydrogens (tertiary/aromatic N) is 2. The molecule has 0 bridgehead atoms. The van der Waals surface area contributed by atoms with Crippen molar-refractivity contribution in [1.29, 1.82) is 0 Å². The van der Waals surface area contributed by atoms with Crippen molar-refractivity contribution >= 4 is 5.82 Å². The number of nitrogen functional groups attached to an aromatic ring is 1. The SMILES string of the molecule is Cc1cc(-c2onc(N)c2-c2ccccn2)co1. The molecule has 0 saturated heterocycles. The lowest BCUT2D eigenvalue weighted by Crippen LogP contribution is -1.90. The average Bonchev–Trinajstić information content (AvgIpc) is 2.96. The Kier molecular flexibility index (Phi) is 2.37. The van der Waals surface area contributed by atoms with Crippen molar-refractivity contribution in [1.82, 2.24) is 10.1 Å². The zero-order valence-electron chi connectivity index (χ0n) is 9.75. The molecule has 3 heterocycles. The lowest BCUT2D eigenvalue weighted by molar-refractivity contribution is 0.435. The van der Waals surface area contributed by atoms with Crippen LogP contribution in [-0.2, 0) is 0 Å². The molecule has 5 heteroatoms. The molecule has 0 aliphatic carbocycles. The molecule has 0 unspecified atom stereocenters. The molecule has 0 amide bonds. The molecular formula is C13H11N3O2. The molecule has 2 N–H and O–H groups in total. The van der Waals surface area contributed by atoms with E-state index in [1.54, 1.807) is 12.5 Å². The van der Waals surface area contributed by atoms with Gasteiger partial charge >= 0.3 is 0 Å². The van der Waals surface area contributed by atoms with Gasteiger partial charge in [-0.2, -0.15) is 0 Å². The van der Waals surface area contributed by atoms with Gasteiger partial charge in [-0.25, -0.2) is 0 Å². The summed E-state index contributed by atoms with van der Waals surface area (Å²) in [6.07, 6.45) is 3.31. The summed E-state index contributed by atoms with van der Waals surface area (Å²) in [6.45, 7) is 1.86. The summed E-state index contributed by atoms with van der Waals surface area (Å²) in [6, 6.07) is 7.46. The van der Waals surface area contributed by atoms with Crippen LogP contribution in [0.2, 0.25) is 0 Å². The van der Waals surface area contributed by atoms with Crippen molar-refractivity contribution in [3.05, 3.63) is 42.5 Å². The Morgan fingerprint density at radius 1 is 1.28 bits per heavy atom. The van der Waals surface area contributed by atoms with Crippen molar-refractivity contribution in [2.24, 2.45) is 0 Å². The highest BCUT2D eigenvalue weighted by molar-refractivity contribution is 5.84. The number of pyridine rings is 1.